The normalized spacial score (nSPS) is 29.5. The van der Waals surface area contributed by atoms with Crippen LogP contribution in [0.1, 0.15) is 39.0 Å². The Labute approximate surface area is 190 Å². The molecule has 32 heavy (non-hydrogen) atoms. The number of β-amino-alcohol motifs (C(OH)–C–C–N with tert-alkyl or cyclic N) is 1. The Hall–Kier alpha value is -1.46. The SMILES string of the molecule is CCCNC(=O)N1C[C@H](O)COC[C@H]2O[C@H](CC(=O)NCCCN3CCOCC3)CC[C@@H]21. The van der Waals surface area contributed by atoms with Crippen molar-refractivity contribution in [3.63, 3.8) is 0 Å². The van der Waals surface area contributed by atoms with Crippen molar-refractivity contribution in [3.8, 4) is 0 Å². The lowest BCUT2D eigenvalue weighted by Crippen LogP contribution is -2.59. The average Bonchev–Trinajstić information content (AvgIpc) is 2.78. The lowest BCUT2D eigenvalue weighted by Gasteiger charge is -2.44. The first-order valence-electron chi connectivity index (χ1n) is 12.1. The van der Waals surface area contributed by atoms with E-state index in [4.69, 9.17) is 14.2 Å². The van der Waals surface area contributed by atoms with Crippen LogP contribution < -0.4 is 10.6 Å². The molecule has 4 atom stereocenters. The largest absolute Gasteiger partial charge is 0.389 e. The Morgan fingerprint density at radius 2 is 1.88 bits per heavy atom. The summed E-state index contributed by atoms with van der Waals surface area (Å²) in [4.78, 5) is 29.1. The highest BCUT2D eigenvalue weighted by molar-refractivity contribution is 5.76. The second-order valence-electron chi connectivity index (χ2n) is 8.88. The molecule has 0 bridgehead atoms. The van der Waals surface area contributed by atoms with Crippen molar-refractivity contribution < 1.29 is 28.9 Å². The average molecular weight is 457 g/mol. The molecule has 184 valence electrons. The Morgan fingerprint density at radius 3 is 2.66 bits per heavy atom. The van der Waals surface area contributed by atoms with Crippen LogP contribution in [0.3, 0.4) is 0 Å². The number of rotatable bonds is 8. The Morgan fingerprint density at radius 1 is 1.06 bits per heavy atom. The predicted octanol–water partition coefficient (Wildman–Crippen LogP) is -0.0561. The third-order valence-corrected chi connectivity index (χ3v) is 6.26. The van der Waals surface area contributed by atoms with Gasteiger partial charge < -0.3 is 34.9 Å². The zero-order valence-electron chi connectivity index (χ0n) is 19.3. The summed E-state index contributed by atoms with van der Waals surface area (Å²) in [6, 6.07) is -0.350. The second kappa shape index (κ2) is 13.3. The molecule has 0 aliphatic carbocycles. The van der Waals surface area contributed by atoms with Gasteiger partial charge in [0.25, 0.3) is 0 Å². The minimum absolute atomic E-state index is 0.00448. The molecule has 0 saturated carbocycles. The van der Waals surface area contributed by atoms with Crippen molar-refractivity contribution in [2.24, 2.45) is 0 Å². The fourth-order valence-corrected chi connectivity index (χ4v) is 4.54. The van der Waals surface area contributed by atoms with Crippen molar-refractivity contribution in [2.45, 2.75) is 63.4 Å². The van der Waals surface area contributed by atoms with Crippen molar-refractivity contribution in [1.82, 2.24) is 20.4 Å². The Bertz CT molecular complexity index is 589. The third kappa shape index (κ3) is 7.84. The number of carbonyl (C=O) groups is 2. The number of nitrogens with zero attached hydrogens (tertiary/aromatic N) is 2. The zero-order valence-corrected chi connectivity index (χ0v) is 19.3. The zero-order chi connectivity index (χ0) is 22.8. The van der Waals surface area contributed by atoms with Crippen molar-refractivity contribution in [1.29, 1.82) is 0 Å². The maximum Gasteiger partial charge on any atom is 0.317 e. The number of hydrogen-bond donors (Lipinski definition) is 3. The van der Waals surface area contributed by atoms with Gasteiger partial charge in [0.05, 0.1) is 57.6 Å². The highest BCUT2D eigenvalue weighted by atomic mass is 16.5. The lowest BCUT2D eigenvalue weighted by molar-refractivity contribution is -0.150. The minimum Gasteiger partial charge on any atom is -0.389 e. The van der Waals surface area contributed by atoms with Crippen LogP contribution in [0.4, 0.5) is 4.79 Å². The number of amides is 3. The molecule has 3 N–H and O–H groups in total. The van der Waals surface area contributed by atoms with Crippen molar-refractivity contribution >= 4 is 11.9 Å². The van der Waals surface area contributed by atoms with Gasteiger partial charge in [0.2, 0.25) is 5.91 Å². The summed E-state index contributed by atoms with van der Waals surface area (Å²) in [5.74, 6) is -0.00448. The summed E-state index contributed by atoms with van der Waals surface area (Å²) < 4.78 is 17.2. The van der Waals surface area contributed by atoms with Gasteiger partial charge in [-0.25, -0.2) is 4.79 Å². The molecule has 0 unspecified atom stereocenters. The molecule has 10 nitrogen and oxygen atoms in total. The molecule has 0 spiro atoms. The second-order valence-corrected chi connectivity index (χ2v) is 8.88. The lowest BCUT2D eigenvalue weighted by atomic mass is 9.95. The van der Waals surface area contributed by atoms with Crippen LogP contribution in [0.2, 0.25) is 0 Å². The number of fused-ring (bicyclic) bond motifs is 1. The molecular formula is C22H40N4O6. The molecule has 3 aliphatic rings. The van der Waals surface area contributed by atoms with Crippen LogP contribution >= 0.6 is 0 Å². The number of morpholine rings is 1. The molecule has 10 heteroatoms. The smallest absolute Gasteiger partial charge is 0.317 e. The monoisotopic (exact) mass is 456 g/mol. The van der Waals surface area contributed by atoms with E-state index in [9.17, 15) is 14.7 Å². The standard InChI is InChI=1S/C22H40N4O6/c1-2-6-24-22(29)26-14-17(27)15-31-16-20-19(26)5-4-18(32-20)13-21(28)23-7-3-8-25-9-11-30-12-10-25/h17-20,27H,2-16H2,1H3,(H,23,28)(H,24,29)/t17-,18-,19-,20+/m0/s1. The Balaban J connectivity index is 1.43. The van der Waals surface area contributed by atoms with Crippen molar-refractivity contribution in [2.75, 3.05) is 65.7 Å². The van der Waals surface area contributed by atoms with Crippen LogP contribution in [-0.2, 0) is 19.0 Å². The molecular weight excluding hydrogens is 416 g/mol. The molecule has 3 saturated heterocycles. The van der Waals surface area contributed by atoms with Gasteiger partial charge in [0.15, 0.2) is 0 Å². The molecule has 0 aromatic rings. The first-order chi connectivity index (χ1) is 15.6. The third-order valence-electron chi connectivity index (χ3n) is 6.26. The van der Waals surface area contributed by atoms with Crippen LogP contribution in [0.5, 0.6) is 0 Å². The van der Waals surface area contributed by atoms with Crippen molar-refractivity contribution in [3.05, 3.63) is 0 Å². The fraction of sp³-hybridized carbons (Fsp3) is 0.909. The predicted molar refractivity (Wildman–Crippen MR) is 118 cm³/mol. The summed E-state index contributed by atoms with van der Waals surface area (Å²) in [6.07, 6.45) is 2.27. The van der Waals surface area contributed by atoms with Crippen LogP contribution in [0.15, 0.2) is 0 Å². The highest BCUT2D eigenvalue weighted by Crippen LogP contribution is 2.27. The molecule has 3 rings (SSSR count). The molecule has 3 amide bonds. The van der Waals surface area contributed by atoms with E-state index in [1.165, 1.54) is 0 Å². The summed E-state index contributed by atoms with van der Waals surface area (Å²) in [5.41, 5.74) is 0. The van der Waals surface area contributed by atoms with Crippen LogP contribution in [0.25, 0.3) is 0 Å². The van der Waals surface area contributed by atoms with E-state index in [1.54, 1.807) is 4.90 Å². The van der Waals surface area contributed by atoms with E-state index in [0.29, 0.717) is 32.5 Å². The summed E-state index contributed by atoms with van der Waals surface area (Å²) in [7, 11) is 0. The number of urea groups is 1. The van der Waals surface area contributed by atoms with Gasteiger partial charge in [-0.05, 0) is 32.2 Å². The van der Waals surface area contributed by atoms with E-state index < -0.39 is 6.10 Å². The van der Waals surface area contributed by atoms with Gasteiger partial charge >= 0.3 is 6.03 Å². The number of aliphatic hydroxyl groups excluding tert-OH is 1. The molecule has 3 fully saturated rings. The van der Waals surface area contributed by atoms with E-state index in [2.05, 4.69) is 15.5 Å². The molecule has 0 radical (unpaired) electrons. The summed E-state index contributed by atoms with van der Waals surface area (Å²) in [6.45, 7) is 8.38. The maximum absolute atomic E-state index is 12.7. The number of aliphatic hydroxyl groups is 1. The van der Waals surface area contributed by atoms with Gasteiger partial charge in [0.1, 0.15) is 6.10 Å². The molecule has 0 aromatic carbocycles. The summed E-state index contributed by atoms with van der Waals surface area (Å²) in [5, 5.41) is 16.1. The number of hydrogen-bond acceptors (Lipinski definition) is 7. The van der Waals surface area contributed by atoms with Gasteiger partial charge in [-0.1, -0.05) is 6.92 Å². The first-order valence-corrected chi connectivity index (χ1v) is 12.1. The van der Waals surface area contributed by atoms with Gasteiger partial charge in [0, 0.05) is 26.2 Å². The van der Waals surface area contributed by atoms with E-state index in [1.807, 2.05) is 6.92 Å². The minimum atomic E-state index is -0.718. The summed E-state index contributed by atoms with van der Waals surface area (Å²) >= 11 is 0. The first kappa shape index (κ1) is 25.2. The van der Waals surface area contributed by atoms with Gasteiger partial charge in [-0.2, -0.15) is 0 Å². The molecule has 3 heterocycles. The topological polar surface area (TPSA) is 113 Å². The number of carbonyl (C=O) groups excluding carboxylic acids is 2. The number of ether oxygens (including phenoxy) is 3. The Kier molecular flexibility index (Phi) is 10.5. The fourth-order valence-electron chi connectivity index (χ4n) is 4.54. The quantitative estimate of drug-likeness (QED) is 0.439. The van der Waals surface area contributed by atoms with E-state index in [-0.39, 0.29) is 43.3 Å². The van der Waals surface area contributed by atoms with Gasteiger partial charge in [-0.3, -0.25) is 9.69 Å². The highest BCUT2D eigenvalue weighted by Gasteiger charge is 2.39. The van der Waals surface area contributed by atoms with Gasteiger partial charge in [-0.15, -0.1) is 0 Å². The molecule has 3 aliphatic heterocycles. The molecule has 0 aromatic heterocycles. The maximum atomic E-state index is 12.7. The van der Waals surface area contributed by atoms with E-state index in [0.717, 1.165) is 52.1 Å². The van der Waals surface area contributed by atoms with Crippen LogP contribution in [0, 0.1) is 0 Å². The number of nitrogens with one attached hydrogen (secondary N) is 2. The van der Waals surface area contributed by atoms with Crippen LogP contribution in [-0.4, -0.2) is 117 Å². The van der Waals surface area contributed by atoms with E-state index >= 15 is 0 Å².